The number of thiazole rings is 1. The van der Waals surface area contributed by atoms with Crippen molar-refractivity contribution in [2.45, 2.75) is 12.7 Å². The molecule has 2 radical (unpaired) electrons. The molecule has 3 rings (SSSR count). The van der Waals surface area contributed by atoms with Crippen molar-refractivity contribution >= 4 is 56.1 Å². The quantitative estimate of drug-likeness (QED) is 0.672. The minimum atomic E-state index is -4.43. The van der Waals surface area contributed by atoms with Gasteiger partial charge in [-0.1, -0.05) is 0 Å². The zero-order valence-corrected chi connectivity index (χ0v) is 16.3. The number of nitrogens with one attached hydrogen (secondary N) is 1. The molecule has 0 spiro atoms. The third-order valence-corrected chi connectivity index (χ3v) is 5.93. The summed E-state index contributed by atoms with van der Waals surface area (Å²) in [7, 11) is 1.26. The fourth-order valence-corrected chi connectivity index (χ4v) is 4.87. The van der Waals surface area contributed by atoms with Gasteiger partial charge in [-0.25, -0.2) is 0 Å². The van der Waals surface area contributed by atoms with E-state index in [1.807, 2.05) is 4.09 Å². The van der Waals surface area contributed by atoms with Crippen LogP contribution in [0.25, 0.3) is 5.57 Å². The first-order valence-electron chi connectivity index (χ1n) is 6.80. The summed E-state index contributed by atoms with van der Waals surface area (Å²) in [6, 6.07) is 0. The number of halogens is 3. The van der Waals surface area contributed by atoms with Crippen LogP contribution in [0.2, 0.25) is 0 Å². The van der Waals surface area contributed by atoms with E-state index in [0.717, 1.165) is 11.8 Å². The zero-order valence-electron chi connectivity index (χ0n) is 12.7. The SMILES string of the molecule is COc1nn(CC(F)(F)F)cc1NC(=O)c1csc(C2=[CH][Sn][N]=C2)n1. The second kappa shape index (κ2) is 7.15. The molecule has 130 valence electrons. The molecule has 0 bridgehead atoms. The molecule has 1 aliphatic rings. The van der Waals surface area contributed by atoms with Crippen LogP contribution in [-0.2, 0) is 6.54 Å². The number of hydrogen-bond donors (Lipinski definition) is 1. The van der Waals surface area contributed by atoms with Gasteiger partial charge in [0, 0.05) is 0 Å². The molecule has 1 N–H and O–H groups in total. The summed E-state index contributed by atoms with van der Waals surface area (Å²) in [6.45, 7) is -1.28. The van der Waals surface area contributed by atoms with Gasteiger partial charge in [-0.15, -0.1) is 0 Å². The maximum atomic E-state index is 12.5. The molecule has 0 saturated heterocycles. The van der Waals surface area contributed by atoms with E-state index in [1.54, 1.807) is 11.6 Å². The topological polar surface area (TPSA) is 81.4 Å². The van der Waals surface area contributed by atoms with E-state index in [-0.39, 0.29) is 17.3 Å². The van der Waals surface area contributed by atoms with Crippen molar-refractivity contribution in [2.75, 3.05) is 12.4 Å². The Morgan fingerprint density at radius 3 is 2.92 bits per heavy atom. The summed E-state index contributed by atoms with van der Waals surface area (Å²) >= 11 is 0.475. The van der Waals surface area contributed by atoms with E-state index >= 15 is 0 Å². The van der Waals surface area contributed by atoms with Gasteiger partial charge in [0.2, 0.25) is 0 Å². The Morgan fingerprint density at radius 1 is 1.48 bits per heavy atom. The number of carbonyl (C=O) groups excluding carboxylic acids is 1. The fraction of sp³-hybridized carbons (Fsp3) is 0.231. The summed E-state index contributed by atoms with van der Waals surface area (Å²) < 4.78 is 49.2. The number of anilines is 1. The summed E-state index contributed by atoms with van der Waals surface area (Å²) in [6.07, 6.45) is -1.61. The third kappa shape index (κ3) is 4.39. The van der Waals surface area contributed by atoms with Crippen molar-refractivity contribution in [3.05, 3.63) is 26.4 Å². The first-order chi connectivity index (χ1) is 11.9. The second-order valence-electron chi connectivity index (χ2n) is 4.84. The molecule has 3 heterocycles. The Labute approximate surface area is 154 Å². The number of ether oxygens (including phenoxy) is 1. The maximum absolute atomic E-state index is 12.5. The molecule has 1 amide bonds. The van der Waals surface area contributed by atoms with Crippen LogP contribution in [0.5, 0.6) is 5.88 Å². The van der Waals surface area contributed by atoms with Crippen LogP contribution in [-0.4, -0.2) is 61.6 Å². The number of carbonyl (C=O) groups is 1. The molecule has 0 unspecified atom stereocenters. The van der Waals surface area contributed by atoms with Crippen LogP contribution < -0.4 is 10.1 Å². The molecule has 0 aromatic carbocycles. The van der Waals surface area contributed by atoms with Crippen molar-refractivity contribution in [1.82, 2.24) is 14.8 Å². The first-order valence-corrected chi connectivity index (χ1v) is 10.6. The normalized spacial score (nSPS) is 13.8. The first kappa shape index (κ1) is 17.9. The molecule has 0 atom stereocenters. The van der Waals surface area contributed by atoms with Crippen molar-refractivity contribution in [2.24, 2.45) is 3.21 Å². The van der Waals surface area contributed by atoms with Crippen LogP contribution >= 0.6 is 11.3 Å². The number of aromatic nitrogens is 3. The van der Waals surface area contributed by atoms with Crippen LogP contribution in [0, 0.1) is 0 Å². The van der Waals surface area contributed by atoms with Gasteiger partial charge >= 0.3 is 141 Å². The van der Waals surface area contributed by atoms with E-state index in [1.165, 1.54) is 18.4 Å². The zero-order chi connectivity index (χ0) is 18.0. The Bertz CT molecular complexity index is 858. The van der Waals surface area contributed by atoms with E-state index in [0.29, 0.717) is 9.69 Å². The van der Waals surface area contributed by atoms with Gasteiger partial charge in [0.05, 0.1) is 0 Å². The van der Waals surface area contributed by atoms with Crippen LogP contribution in [0.1, 0.15) is 15.5 Å². The predicted octanol–water partition coefficient (Wildman–Crippen LogP) is 2.21. The van der Waals surface area contributed by atoms with E-state index in [4.69, 9.17) is 4.74 Å². The number of methoxy groups -OCH3 is 1. The molecule has 1 aliphatic heterocycles. The van der Waals surface area contributed by atoms with Crippen molar-refractivity contribution in [3.8, 4) is 5.88 Å². The molecule has 0 aliphatic carbocycles. The Kier molecular flexibility index (Phi) is 5.13. The Morgan fingerprint density at radius 2 is 2.28 bits per heavy atom. The van der Waals surface area contributed by atoms with Crippen molar-refractivity contribution < 1.29 is 22.7 Å². The second-order valence-corrected chi connectivity index (χ2v) is 8.00. The summed E-state index contributed by atoms with van der Waals surface area (Å²) in [5.41, 5.74) is 1.12. The molecular formula is C13H10F3N5O2SSn. The number of alkyl halides is 3. The molecule has 0 saturated carbocycles. The number of rotatable bonds is 5. The van der Waals surface area contributed by atoms with Gasteiger partial charge in [-0.2, -0.15) is 13.2 Å². The van der Waals surface area contributed by atoms with E-state index in [9.17, 15) is 18.0 Å². The minimum absolute atomic E-state index is 0.0435. The standard InChI is InChI=1S/C13H10F3N5O2S.Sn/c1-7(3-17)12-19-9(5-24-12)10(22)18-8-4-21(6-13(14,15)16)20-11(8)23-2;/h1,3-5H,6H2,2H3,(H,18,22);/q-1;+1. The van der Waals surface area contributed by atoms with Crippen LogP contribution in [0.4, 0.5) is 18.9 Å². The molecule has 2 aromatic rings. The monoisotopic (exact) mass is 477 g/mol. The number of nitrogens with zero attached hydrogens (tertiary/aromatic N) is 4. The van der Waals surface area contributed by atoms with Gasteiger partial charge in [-0.05, 0) is 0 Å². The summed E-state index contributed by atoms with van der Waals surface area (Å²) in [5, 5.41) is 8.39. The van der Waals surface area contributed by atoms with Gasteiger partial charge in [0.1, 0.15) is 0 Å². The predicted molar refractivity (Wildman–Crippen MR) is 87.1 cm³/mol. The van der Waals surface area contributed by atoms with Gasteiger partial charge < -0.3 is 0 Å². The Balaban J connectivity index is 1.75. The number of amides is 1. The van der Waals surface area contributed by atoms with Gasteiger partial charge in [0.15, 0.2) is 0 Å². The third-order valence-electron chi connectivity index (χ3n) is 2.99. The van der Waals surface area contributed by atoms with Crippen LogP contribution in [0.3, 0.4) is 0 Å². The van der Waals surface area contributed by atoms with E-state index < -0.39 is 40.0 Å². The molecular weight excluding hydrogens is 466 g/mol. The number of hydrogen-bond acceptors (Lipinski definition) is 6. The Hall–Kier alpha value is -1.89. The average Bonchev–Trinajstić information content (AvgIpc) is 3.25. The number of allylic oxidation sites excluding steroid dienone is 1. The molecule has 0 fully saturated rings. The van der Waals surface area contributed by atoms with Crippen molar-refractivity contribution in [3.63, 3.8) is 0 Å². The molecule has 25 heavy (non-hydrogen) atoms. The van der Waals surface area contributed by atoms with Gasteiger partial charge in [0.25, 0.3) is 0 Å². The molecule has 2 aromatic heterocycles. The molecule has 12 heteroatoms. The molecule has 7 nitrogen and oxygen atoms in total. The van der Waals surface area contributed by atoms with Crippen molar-refractivity contribution in [1.29, 1.82) is 0 Å². The van der Waals surface area contributed by atoms with Gasteiger partial charge in [-0.3, -0.25) is 0 Å². The van der Waals surface area contributed by atoms with E-state index in [2.05, 4.69) is 18.6 Å². The average molecular weight is 476 g/mol. The van der Waals surface area contributed by atoms with Crippen LogP contribution in [0.15, 0.2) is 18.9 Å². The summed E-state index contributed by atoms with van der Waals surface area (Å²) in [4.78, 5) is 16.5. The fourth-order valence-electron chi connectivity index (χ4n) is 1.97. The summed E-state index contributed by atoms with van der Waals surface area (Å²) in [5.74, 6) is -0.658.